The summed E-state index contributed by atoms with van der Waals surface area (Å²) in [5.41, 5.74) is -0.392. The summed E-state index contributed by atoms with van der Waals surface area (Å²) < 4.78 is 6.81. The molecule has 4 aliphatic carbocycles. The van der Waals surface area contributed by atoms with Gasteiger partial charge in [-0.3, -0.25) is 9.59 Å². The monoisotopic (exact) mass is 408 g/mol. The van der Waals surface area contributed by atoms with Crippen molar-refractivity contribution < 1.29 is 14.3 Å². The molecule has 0 N–H and O–H groups in total. The SMILES string of the molecule is CCCn1nc(C(=O)OCC(=O)C23CC4CC(CC(C4)C2)C3)c2ccccc2c1=O. The number of carbonyl (C=O) groups is 2. The predicted molar refractivity (Wildman–Crippen MR) is 112 cm³/mol. The minimum absolute atomic E-state index is 0.0705. The van der Waals surface area contributed by atoms with Crippen molar-refractivity contribution in [3.8, 4) is 0 Å². The molecular formula is C24H28N2O4. The number of aryl methyl sites for hydroxylation is 1. The number of fused-ring (bicyclic) bond motifs is 1. The van der Waals surface area contributed by atoms with Crippen molar-refractivity contribution in [2.75, 3.05) is 6.61 Å². The van der Waals surface area contributed by atoms with Crippen molar-refractivity contribution in [1.82, 2.24) is 9.78 Å². The molecule has 0 atom stereocenters. The van der Waals surface area contributed by atoms with E-state index in [4.69, 9.17) is 4.74 Å². The van der Waals surface area contributed by atoms with Crippen LogP contribution in [0.15, 0.2) is 29.1 Å². The zero-order chi connectivity index (χ0) is 20.9. The number of carbonyl (C=O) groups excluding carboxylic acids is 2. The molecule has 6 nitrogen and oxygen atoms in total. The van der Waals surface area contributed by atoms with Crippen LogP contribution in [0.3, 0.4) is 0 Å². The molecule has 4 saturated carbocycles. The maximum absolute atomic E-state index is 13.2. The van der Waals surface area contributed by atoms with Gasteiger partial charge in [0.25, 0.3) is 5.56 Å². The molecule has 30 heavy (non-hydrogen) atoms. The summed E-state index contributed by atoms with van der Waals surface area (Å²) in [6, 6.07) is 6.94. The number of esters is 1. The molecule has 6 rings (SSSR count). The van der Waals surface area contributed by atoms with E-state index in [-0.39, 0.29) is 29.1 Å². The van der Waals surface area contributed by atoms with E-state index in [0.717, 1.165) is 25.7 Å². The molecule has 2 aromatic rings. The molecule has 1 heterocycles. The van der Waals surface area contributed by atoms with Crippen LogP contribution in [0.4, 0.5) is 0 Å². The Bertz CT molecular complexity index is 1040. The molecule has 0 amide bonds. The Labute approximate surface area is 175 Å². The first kappa shape index (κ1) is 19.5. The van der Waals surface area contributed by atoms with Crippen LogP contribution in [0.1, 0.15) is 62.4 Å². The van der Waals surface area contributed by atoms with Crippen molar-refractivity contribution in [1.29, 1.82) is 0 Å². The molecule has 1 aromatic heterocycles. The molecule has 4 fully saturated rings. The van der Waals surface area contributed by atoms with E-state index in [0.29, 0.717) is 35.1 Å². The first-order valence-corrected chi connectivity index (χ1v) is 11.2. The van der Waals surface area contributed by atoms with Gasteiger partial charge in [-0.15, -0.1) is 0 Å². The van der Waals surface area contributed by atoms with E-state index in [2.05, 4.69) is 5.10 Å². The summed E-state index contributed by atoms with van der Waals surface area (Å²) in [4.78, 5) is 38.7. The highest BCUT2D eigenvalue weighted by atomic mass is 16.5. The lowest BCUT2D eigenvalue weighted by molar-refractivity contribution is -0.147. The number of hydrogen-bond donors (Lipinski definition) is 0. The fourth-order valence-corrected chi connectivity index (χ4v) is 6.55. The Balaban J connectivity index is 1.37. The van der Waals surface area contributed by atoms with Gasteiger partial charge in [-0.05, 0) is 68.8 Å². The summed E-state index contributed by atoms with van der Waals surface area (Å²) in [5.74, 6) is 1.44. The fraction of sp³-hybridized carbons (Fsp3) is 0.583. The van der Waals surface area contributed by atoms with Gasteiger partial charge in [0, 0.05) is 17.3 Å². The zero-order valence-electron chi connectivity index (χ0n) is 17.4. The van der Waals surface area contributed by atoms with Crippen LogP contribution < -0.4 is 5.56 Å². The fourth-order valence-electron chi connectivity index (χ4n) is 6.55. The van der Waals surface area contributed by atoms with Gasteiger partial charge in [0.05, 0.1) is 5.39 Å². The smallest absolute Gasteiger partial charge is 0.359 e. The molecule has 0 aliphatic heterocycles. The molecule has 0 radical (unpaired) electrons. The number of Topliss-reactive ketones (excluding diaryl/α,β-unsaturated/α-hetero) is 1. The molecule has 158 valence electrons. The van der Waals surface area contributed by atoms with Gasteiger partial charge < -0.3 is 4.74 Å². The molecule has 6 heteroatoms. The van der Waals surface area contributed by atoms with Crippen molar-refractivity contribution in [2.45, 2.75) is 58.4 Å². The second kappa shape index (κ2) is 7.33. The van der Waals surface area contributed by atoms with Crippen molar-refractivity contribution in [2.24, 2.45) is 23.2 Å². The third-order valence-electron chi connectivity index (χ3n) is 7.46. The second-order valence-electron chi connectivity index (χ2n) is 9.62. The van der Waals surface area contributed by atoms with Gasteiger partial charge in [0.1, 0.15) is 0 Å². The van der Waals surface area contributed by atoms with Crippen LogP contribution in [-0.4, -0.2) is 28.1 Å². The molecule has 1 aromatic carbocycles. The quantitative estimate of drug-likeness (QED) is 0.680. The standard InChI is InChI=1S/C24H28N2O4/c1-2-7-26-22(28)19-6-4-3-5-18(19)21(25-26)23(29)30-14-20(27)24-11-15-8-16(12-24)10-17(9-15)13-24/h3-6,15-17H,2,7-14H2,1H3. The number of ether oxygens (including phenoxy) is 1. The average Bonchev–Trinajstić information content (AvgIpc) is 2.73. The summed E-state index contributed by atoms with van der Waals surface area (Å²) in [7, 11) is 0. The first-order valence-electron chi connectivity index (χ1n) is 11.2. The van der Waals surface area contributed by atoms with E-state index in [1.807, 2.05) is 6.92 Å². The third kappa shape index (κ3) is 3.17. The molecule has 0 unspecified atom stereocenters. The Morgan fingerprint density at radius 1 is 1.07 bits per heavy atom. The van der Waals surface area contributed by atoms with E-state index in [9.17, 15) is 14.4 Å². The predicted octanol–water partition coefficient (Wildman–Crippen LogP) is 3.75. The van der Waals surface area contributed by atoms with Crippen LogP contribution in [0.2, 0.25) is 0 Å². The number of ketones is 1. The van der Waals surface area contributed by atoms with E-state index < -0.39 is 5.97 Å². The van der Waals surface area contributed by atoms with Gasteiger partial charge >= 0.3 is 5.97 Å². The van der Waals surface area contributed by atoms with Gasteiger partial charge in [0.2, 0.25) is 0 Å². The molecule has 4 bridgehead atoms. The molecular weight excluding hydrogens is 380 g/mol. The molecule has 4 aliphatic rings. The number of nitrogens with zero attached hydrogens (tertiary/aromatic N) is 2. The maximum Gasteiger partial charge on any atom is 0.359 e. The first-order chi connectivity index (χ1) is 14.5. The number of hydrogen-bond acceptors (Lipinski definition) is 5. The van der Waals surface area contributed by atoms with E-state index >= 15 is 0 Å². The van der Waals surface area contributed by atoms with Crippen LogP contribution >= 0.6 is 0 Å². The highest BCUT2D eigenvalue weighted by molar-refractivity contribution is 6.02. The van der Waals surface area contributed by atoms with Gasteiger partial charge in [-0.1, -0.05) is 25.1 Å². The highest BCUT2D eigenvalue weighted by Crippen LogP contribution is 2.60. The summed E-state index contributed by atoms with van der Waals surface area (Å²) in [5, 5.41) is 5.20. The van der Waals surface area contributed by atoms with Crippen LogP contribution in [0.25, 0.3) is 10.8 Å². The normalized spacial score (nSPS) is 29.3. The third-order valence-corrected chi connectivity index (χ3v) is 7.46. The second-order valence-corrected chi connectivity index (χ2v) is 9.62. The van der Waals surface area contributed by atoms with Crippen LogP contribution in [-0.2, 0) is 16.1 Å². The van der Waals surface area contributed by atoms with Crippen molar-refractivity contribution in [3.05, 3.63) is 40.3 Å². The van der Waals surface area contributed by atoms with Gasteiger partial charge in [-0.2, -0.15) is 5.10 Å². The number of aromatic nitrogens is 2. The average molecular weight is 408 g/mol. The zero-order valence-corrected chi connectivity index (χ0v) is 17.4. The van der Waals surface area contributed by atoms with Gasteiger partial charge in [-0.25, -0.2) is 9.48 Å². The highest BCUT2D eigenvalue weighted by Gasteiger charge is 2.54. The minimum Gasteiger partial charge on any atom is -0.453 e. The Kier molecular flexibility index (Phi) is 4.75. The Morgan fingerprint density at radius 2 is 1.67 bits per heavy atom. The lowest BCUT2D eigenvalue weighted by Crippen LogP contribution is -2.51. The molecule has 0 saturated heterocycles. The van der Waals surface area contributed by atoms with Crippen molar-refractivity contribution >= 4 is 22.5 Å². The summed E-state index contributed by atoms with van der Waals surface area (Å²) in [6.45, 7) is 2.18. The van der Waals surface area contributed by atoms with Crippen molar-refractivity contribution in [3.63, 3.8) is 0 Å². The minimum atomic E-state index is -0.630. The largest absolute Gasteiger partial charge is 0.453 e. The van der Waals surface area contributed by atoms with Crippen LogP contribution in [0, 0.1) is 23.2 Å². The number of benzene rings is 1. The number of rotatable bonds is 6. The van der Waals surface area contributed by atoms with E-state index in [1.165, 1.54) is 23.9 Å². The summed E-state index contributed by atoms with van der Waals surface area (Å²) >= 11 is 0. The van der Waals surface area contributed by atoms with Gasteiger partial charge in [0.15, 0.2) is 18.1 Å². The topological polar surface area (TPSA) is 78.3 Å². The maximum atomic E-state index is 13.2. The van der Waals surface area contributed by atoms with Crippen LogP contribution in [0.5, 0.6) is 0 Å². The Morgan fingerprint density at radius 3 is 2.27 bits per heavy atom. The summed E-state index contributed by atoms with van der Waals surface area (Å²) in [6.07, 6.45) is 7.39. The van der Waals surface area contributed by atoms with E-state index in [1.54, 1.807) is 24.3 Å². The lowest BCUT2D eigenvalue weighted by atomic mass is 9.48. The molecule has 0 spiro atoms. The lowest BCUT2D eigenvalue weighted by Gasteiger charge is -2.55. The Hall–Kier alpha value is -2.50.